The number of halogens is 3. The van der Waals surface area contributed by atoms with Gasteiger partial charge in [0, 0.05) is 25.0 Å². The largest absolute Gasteiger partial charge is 0.416 e. The predicted molar refractivity (Wildman–Crippen MR) is 92.1 cm³/mol. The second-order valence-corrected chi connectivity index (χ2v) is 6.66. The lowest BCUT2D eigenvalue weighted by atomic mass is 10.1. The molecule has 2 heterocycles. The fraction of sp³-hybridized carbons (Fsp3) is 0.222. The fourth-order valence-electron chi connectivity index (χ4n) is 2.45. The molecule has 0 amide bonds. The van der Waals surface area contributed by atoms with Crippen molar-refractivity contribution < 1.29 is 13.2 Å². The zero-order valence-corrected chi connectivity index (χ0v) is 14.3. The van der Waals surface area contributed by atoms with Crippen LogP contribution in [0.5, 0.6) is 0 Å². The first kappa shape index (κ1) is 17.6. The molecule has 2 aromatic heterocycles. The van der Waals surface area contributed by atoms with Crippen LogP contribution in [0.25, 0.3) is 10.6 Å². The monoisotopic (exact) mass is 363 g/mol. The molecule has 0 radical (unpaired) electrons. The number of nitrogens with zero attached hydrogens (tertiary/aromatic N) is 2. The molecule has 0 aliphatic carbocycles. The van der Waals surface area contributed by atoms with E-state index in [1.165, 1.54) is 23.5 Å². The van der Waals surface area contributed by atoms with Gasteiger partial charge in [-0.25, -0.2) is 4.98 Å². The van der Waals surface area contributed by atoms with Crippen molar-refractivity contribution in [1.29, 1.82) is 0 Å². The molecular weight excluding hydrogens is 347 g/mol. The average Bonchev–Trinajstić information content (AvgIpc) is 3.03. The topological polar surface area (TPSA) is 37.8 Å². The predicted octanol–water partition coefficient (Wildman–Crippen LogP) is 4.82. The lowest BCUT2D eigenvalue weighted by Gasteiger charge is -2.12. The van der Waals surface area contributed by atoms with Gasteiger partial charge in [0.15, 0.2) is 0 Å². The van der Waals surface area contributed by atoms with Gasteiger partial charge < -0.3 is 5.32 Å². The zero-order chi connectivity index (χ0) is 17.9. The molecule has 1 aromatic carbocycles. The third-order valence-electron chi connectivity index (χ3n) is 3.61. The number of thiazole rings is 1. The molecule has 0 aliphatic rings. The van der Waals surface area contributed by atoms with Crippen molar-refractivity contribution in [3.63, 3.8) is 0 Å². The summed E-state index contributed by atoms with van der Waals surface area (Å²) in [7, 11) is 0. The SMILES string of the molecule is Cc1cccc(-c2cnc(CNCc3ccccc3C(F)(F)F)s2)n1. The molecule has 0 saturated heterocycles. The Labute approximate surface area is 147 Å². The van der Waals surface area contributed by atoms with Crippen molar-refractivity contribution in [3.05, 3.63) is 70.5 Å². The first-order valence-electron chi connectivity index (χ1n) is 7.68. The highest BCUT2D eigenvalue weighted by atomic mass is 32.1. The standard InChI is InChI=1S/C18H16F3N3S/c1-12-5-4-8-15(24-12)16-10-23-17(25-16)11-22-9-13-6-2-3-7-14(13)18(19,20)21/h2-8,10,22H,9,11H2,1H3. The Hall–Kier alpha value is -2.25. The number of hydrogen-bond acceptors (Lipinski definition) is 4. The molecule has 3 rings (SSSR count). The highest BCUT2D eigenvalue weighted by molar-refractivity contribution is 7.15. The molecule has 0 spiro atoms. The molecule has 1 N–H and O–H groups in total. The second kappa shape index (κ2) is 7.33. The maximum atomic E-state index is 13.0. The summed E-state index contributed by atoms with van der Waals surface area (Å²) in [5.41, 5.74) is 1.40. The van der Waals surface area contributed by atoms with Crippen molar-refractivity contribution in [1.82, 2.24) is 15.3 Å². The van der Waals surface area contributed by atoms with Crippen molar-refractivity contribution >= 4 is 11.3 Å². The van der Waals surface area contributed by atoms with Gasteiger partial charge in [0.25, 0.3) is 0 Å². The van der Waals surface area contributed by atoms with Crippen LogP contribution in [0.1, 0.15) is 21.8 Å². The van der Waals surface area contributed by atoms with E-state index in [9.17, 15) is 13.2 Å². The summed E-state index contributed by atoms with van der Waals surface area (Å²) >= 11 is 1.48. The van der Waals surface area contributed by atoms with Gasteiger partial charge in [0.05, 0.1) is 16.1 Å². The highest BCUT2D eigenvalue weighted by Crippen LogP contribution is 2.32. The molecule has 0 atom stereocenters. The van der Waals surface area contributed by atoms with E-state index >= 15 is 0 Å². The first-order chi connectivity index (χ1) is 11.9. The van der Waals surface area contributed by atoms with Crippen LogP contribution in [-0.4, -0.2) is 9.97 Å². The van der Waals surface area contributed by atoms with E-state index in [2.05, 4.69) is 15.3 Å². The summed E-state index contributed by atoms with van der Waals surface area (Å²) < 4.78 is 38.9. The van der Waals surface area contributed by atoms with Gasteiger partial charge in [-0.05, 0) is 30.7 Å². The quantitative estimate of drug-likeness (QED) is 0.706. The Kier molecular flexibility index (Phi) is 5.15. The number of nitrogens with one attached hydrogen (secondary N) is 1. The normalized spacial score (nSPS) is 11.7. The number of hydrogen-bond donors (Lipinski definition) is 1. The summed E-state index contributed by atoms with van der Waals surface area (Å²) in [6.45, 7) is 2.46. The molecule has 0 unspecified atom stereocenters. The maximum absolute atomic E-state index is 13.0. The van der Waals surface area contributed by atoms with Gasteiger partial charge in [-0.1, -0.05) is 24.3 Å². The van der Waals surface area contributed by atoms with Crippen LogP contribution in [0.4, 0.5) is 13.2 Å². The molecule has 0 fully saturated rings. The van der Waals surface area contributed by atoms with Crippen molar-refractivity contribution in [2.45, 2.75) is 26.2 Å². The van der Waals surface area contributed by atoms with Crippen LogP contribution in [0.2, 0.25) is 0 Å². The van der Waals surface area contributed by atoms with Crippen molar-refractivity contribution in [3.8, 4) is 10.6 Å². The van der Waals surface area contributed by atoms with E-state index in [1.807, 2.05) is 25.1 Å². The Morgan fingerprint density at radius 3 is 2.60 bits per heavy atom. The second-order valence-electron chi connectivity index (χ2n) is 5.54. The van der Waals surface area contributed by atoms with Gasteiger partial charge >= 0.3 is 6.18 Å². The van der Waals surface area contributed by atoms with Gasteiger partial charge in [-0.15, -0.1) is 11.3 Å². The molecule has 0 aliphatic heterocycles. The van der Waals surface area contributed by atoms with Crippen LogP contribution >= 0.6 is 11.3 Å². The smallest absolute Gasteiger partial charge is 0.306 e. The first-order valence-corrected chi connectivity index (χ1v) is 8.49. The zero-order valence-electron chi connectivity index (χ0n) is 13.5. The molecule has 3 nitrogen and oxygen atoms in total. The molecule has 0 bridgehead atoms. The van der Waals surface area contributed by atoms with E-state index in [4.69, 9.17) is 0 Å². The van der Waals surface area contributed by atoms with Gasteiger partial charge in [-0.2, -0.15) is 13.2 Å². The lowest BCUT2D eigenvalue weighted by molar-refractivity contribution is -0.138. The minimum Gasteiger partial charge on any atom is -0.306 e. The number of rotatable bonds is 5. The third kappa shape index (κ3) is 4.43. The molecule has 25 heavy (non-hydrogen) atoms. The van der Waals surface area contributed by atoms with E-state index in [0.717, 1.165) is 27.3 Å². The minimum atomic E-state index is -4.34. The van der Waals surface area contributed by atoms with Gasteiger partial charge in [0.1, 0.15) is 5.01 Å². The van der Waals surface area contributed by atoms with Crippen molar-refractivity contribution in [2.24, 2.45) is 0 Å². The van der Waals surface area contributed by atoms with Gasteiger partial charge in [-0.3, -0.25) is 4.98 Å². The summed E-state index contributed by atoms with van der Waals surface area (Å²) in [5.74, 6) is 0. The summed E-state index contributed by atoms with van der Waals surface area (Å²) in [4.78, 5) is 9.71. The Morgan fingerprint density at radius 2 is 1.84 bits per heavy atom. The molecule has 130 valence electrons. The fourth-order valence-corrected chi connectivity index (χ4v) is 3.30. The van der Waals surface area contributed by atoms with E-state index in [-0.39, 0.29) is 12.1 Å². The van der Waals surface area contributed by atoms with E-state index in [1.54, 1.807) is 12.3 Å². The van der Waals surface area contributed by atoms with Gasteiger partial charge in [0.2, 0.25) is 0 Å². The number of alkyl halides is 3. The third-order valence-corrected chi connectivity index (χ3v) is 4.63. The van der Waals surface area contributed by atoms with E-state index < -0.39 is 11.7 Å². The number of benzene rings is 1. The number of pyridine rings is 1. The molecular formula is C18H16F3N3S. The minimum absolute atomic E-state index is 0.132. The van der Waals surface area contributed by atoms with E-state index in [0.29, 0.717) is 6.54 Å². The van der Waals surface area contributed by atoms with Crippen molar-refractivity contribution in [2.75, 3.05) is 0 Å². The summed E-state index contributed by atoms with van der Waals surface area (Å²) in [6.07, 6.45) is -2.60. The number of aryl methyl sites for hydroxylation is 1. The maximum Gasteiger partial charge on any atom is 0.416 e. The van der Waals surface area contributed by atoms with Crippen LogP contribution in [0.3, 0.4) is 0 Å². The Bertz CT molecular complexity index is 859. The summed E-state index contributed by atoms with van der Waals surface area (Å²) in [5, 5.41) is 3.84. The molecule has 3 aromatic rings. The lowest BCUT2D eigenvalue weighted by Crippen LogP contribution is -2.17. The van der Waals surface area contributed by atoms with Crippen LogP contribution in [0.15, 0.2) is 48.7 Å². The Morgan fingerprint density at radius 1 is 1.04 bits per heavy atom. The Balaban J connectivity index is 1.64. The van der Waals surface area contributed by atoms with Crippen LogP contribution < -0.4 is 5.32 Å². The van der Waals surface area contributed by atoms with Crippen LogP contribution in [0, 0.1) is 6.92 Å². The van der Waals surface area contributed by atoms with Crippen LogP contribution in [-0.2, 0) is 19.3 Å². The molecule has 0 saturated carbocycles. The average molecular weight is 363 g/mol. The summed E-state index contributed by atoms with van der Waals surface area (Å²) in [6, 6.07) is 11.4. The molecule has 7 heteroatoms. The number of aromatic nitrogens is 2. The highest BCUT2D eigenvalue weighted by Gasteiger charge is 2.32.